The topological polar surface area (TPSA) is 63.6 Å². The number of rotatable bonds is 4. The van der Waals surface area contributed by atoms with Crippen LogP contribution in [0.4, 0.5) is 0 Å². The first-order valence-corrected chi connectivity index (χ1v) is 3.47. The molecule has 0 spiro atoms. The Balaban J connectivity index is 0. The molecule has 4 nitrogen and oxygen atoms in total. The molecule has 12 heavy (non-hydrogen) atoms. The van der Waals surface area contributed by atoms with Gasteiger partial charge in [-0.25, -0.2) is 0 Å². The molecule has 0 saturated carbocycles. The zero-order chi connectivity index (χ0) is 8.85. The van der Waals surface area contributed by atoms with Crippen LogP contribution in [0.15, 0.2) is 0 Å². The molecule has 0 aromatic rings. The van der Waals surface area contributed by atoms with Crippen molar-refractivity contribution in [1.82, 2.24) is 0 Å². The lowest BCUT2D eigenvalue weighted by molar-refractivity contribution is -0.154. The first-order chi connectivity index (χ1) is 5.06. The fraction of sp³-hybridized carbons (Fsp3) is 0.750. The third-order valence-electron chi connectivity index (χ3n) is 1.20. The molecule has 1 unspecified atom stereocenters. The van der Waals surface area contributed by atoms with Crippen molar-refractivity contribution in [2.75, 3.05) is 0 Å². The van der Waals surface area contributed by atoms with E-state index >= 15 is 0 Å². The molecular weight excluding hydrogens is 160 g/mol. The van der Waals surface area contributed by atoms with E-state index in [2.05, 4.69) is 0 Å². The molecule has 72 valence electrons. The highest BCUT2D eigenvalue weighted by molar-refractivity contribution is 5.90. The van der Waals surface area contributed by atoms with Gasteiger partial charge in [0.1, 0.15) is 6.42 Å². The molecule has 0 aromatic carbocycles. The molecule has 0 amide bonds. The van der Waals surface area contributed by atoms with Crippen LogP contribution in [0.2, 0.25) is 0 Å². The monoisotopic (exact) mass is 176 g/mol. The molecule has 0 aromatic heterocycles. The normalized spacial score (nSPS) is 11.2. The summed E-state index contributed by atoms with van der Waals surface area (Å²) in [5, 5.41) is 8.17. The highest BCUT2D eigenvalue weighted by Gasteiger charge is 2.11. The second kappa shape index (κ2) is 6.64. The van der Waals surface area contributed by atoms with E-state index < -0.39 is 18.4 Å². The minimum atomic E-state index is -1.15. The number of carbonyl (C=O) groups is 2. The smallest absolute Gasteiger partial charge is 0.317 e. The van der Waals surface area contributed by atoms with Gasteiger partial charge in [-0.2, -0.15) is 0 Å². The molecule has 0 aliphatic carbocycles. The number of carboxylic acids is 1. The molecule has 0 saturated heterocycles. The van der Waals surface area contributed by atoms with Crippen molar-refractivity contribution in [3.8, 4) is 0 Å². The van der Waals surface area contributed by atoms with E-state index in [4.69, 9.17) is 9.84 Å². The van der Waals surface area contributed by atoms with Gasteiger partial charge < -0.3 is 9.84 Å². The Morgan fingerprint density at radius 1 is 1.50 bits per heavy atom. The second-order valence-electron chi connectivity index (χ2n) is 2.28. The SMILES string of the molecule is C.CCC(C)OC(=O)CC(=O)O. The predicted molar refractivity (Wildman–Crippen MR) is 44.8 cm³/mol. The van der Waals surface area contributed by atoms with Crippen molar-refractivity contribution in [3.05, 3.63) is 0 Å². The number of hydrogen-bond donors (Lipinski definition) is 1. The fourth-order valence-electron chi connectivity index (χ4n) is 0.473. The van der Waals surface area contributed by atoms with Gasteiger partial charge in [-0.1, -0.05) is 14.4 Å². The van der Waals surface area contributed by atoms with Crippen LogP contribution in [0.25, 0.3) is 0 Å². The Hall–Kier alpha value is -1.06. The number of aliphatic carboxylic acids is 1. The maximum Gasteiger partial charge on any atom is 0.317 e. The highest BCUT2D eigenvalue weighted by atomic mass is 16.5. The Morgan fingerprint density at radius 3 is 2.33 bits per heavy atom. The molecule has 0 heterocycles. The minimum Gasteiger partial charge on any atom is -0.481 e. The van der Waals surface area contributed by atoms with Crippen LogP contribution in [0.5, 0.6) is 0 Å². The summed E-state index contributed by atoms with van der Waals surface area (Å²) in [5.41, 5.74) is 0. The summed E-state index contributed by atoms with van der Waals surface area (Å²) < 4.78 is 4.69. The van der Waals surface area contributed by atoms with Gasteiger partial charge in [0.15, 0.2) is 0 Å². The van der Waals surface area contributed by atoms with Crippen LogP contribution in [-0.2, 0) is 14.3 Å². The third kappa shape index (κ3) is 7.05. The zero-order valence-electron chi connectivity index (χ0n) is 6.66. The lowest BCUT2D eigenvalue weighted by Crippen LogP contribution is -2.16. The molecule has 0 bridgehead atoms. The average Bonchev–Trinajstić information content (AvgIpc) is 1.85. The van der Waals surface area contributed by atoms with Gasteiger partial charge in [-0.05, 0) is 13.3 Å². The van der Waals surface area contributed by atoms with Crippen molar-refractivity contribution < 1.29 is 19.4 Å². The van der Waals surface area contributed by atoms with Gasteiger partial charge in [-0.3, -0.25) is 9.59 Å². The van der Waals surface area contributed by atoms with Crippen LogP contribution in [0.3, 0.4) is 0 Å². The Bertz CT molecular complexity index is 153. The van der Waals surface area contributed by atoms with E-state index in [0.717, 1.165) is 0 Å². The second-order valence-corrected chi connectivity index (χ2v) is 2.28. The summed E-state index contributed by atoms with van der Waals surface area (Å²) in [5.74, 6) is -1.83. The number of carboxylic acid groups (broad SMARTS) is 1. The highest BCUT2D eigenvalue weighted by Crippen LogP contribution is 1.98. The summed E-state index contributed by atoms with van der Waals surface area (Å²) >= 11 is 0. The standard InChI is InChI=1S/C7H12O4.CH4/c1-3-5(2)11-7(10)4-6(8)9;/h5H,3-4H2,1-2H3,(H,8,9);1H4. The molecular formula is C8H16O4. The van der Waals surface area contributed by atoms with Crippen molar-refractivity contribution >= 4 is 11.9 Å². The van der Waals surface area contributed by atoms with Crippen LogP contribution in [0.1, 0.15) is 34.1 Å². The summed E-state index contributed by atoms with van der Waals surface area (Å²) in [6.07, 6.45) is -0.0442. The van der Waals surface area contributed by atoms with Crippen LogP contribution >= 0.6 is 0 Å². The van der Waals surface area contributed by atoms with E-state index in [1.54, 1.807) is 6.92 Å². The molecule has 4 heteroatoms. The number of carbonyl (C=O) groups excluding carboxylic acids is 1. The lowest BCUT2D eigenvalue weighted by atomic mass is 10.3. The van der Waals surface area contributed by atoms with Crippen molar-refractivity contribution in [2.24, 2.45) is 0 Å². The van der Waals surface area contributed by atoms with Crippen LogP contribution < -0.4 is 0 Å². The molecule has 0 aliphatic rings. The van der Waals surface area contributed by atoms with Gasteiger partial charge in [-0.15, -0.1) is 0 Å². The molecule has 1 N–H and O–H groups in total. The van der Waals surface area contributed by atoms with Crippen LogP contribution in [0, 0.1) is 0 Å². The Morgan fingerprint density at radius 2 is 2.00 bits per heavy atom. The predicted octanol–water partition coefficient (Wildman–Crippen LogP) is 1.44. The molecule has 1 atom stereocenters. The quantitative estimate of drug-likeness (QED) is 0.520. The summed E-state index contributed by atoms with van der Waals surface area (Å²) in [6, 6.07) is 0. The summed E-state index contributed by atoms with van der Waals surface area (Å²) in [6.45, 7) is 3.58. The van der Waals surface area contributed by atoms with Gasteiger partial charge in [0.05, 0.1) is 6.10 Å². The van der Waals surface area contributed by atoms with Gasteiger partial charge >= 0.3 is 11.9 Å². The largest absolute Gasteiger partial charge is 0.481 e. The fourth-order valence-corrected chi connectivity index (χ4v) is 0.473. The first-order valence-electron chi connectivity index (χ1n) is 3.47. The number of ether oxygens (including phenoxy) is 1. The molecule has 0 radical (unpaired) electrons. The van der Waals surface area contributed by atoms with Crippen molar-refractivity contribution in [2.45, 2.75) is 40.2 Å². The molecule has 0 aliphatic heterocycles. The van der Waals surface area contributed by atoms with E-state index in [9.17, 15) is 9.59 Å². The number of hydrogen-bond acceptors (Lipinski definition) is 3. The molecule has 0 rings (SSSR count). The zero-order valence-corrected chi connectivity index (χ0v) is 6.66. The lowest BCUT2D eigenvalue weighted by Gasteiger charge is -2.08. The van der Waals surface area contributed by atoms with Gasteiger partial charge in [0, 0.05) is 0 Å². The number of esters is 1. The summed E-state index contributed by atoms with van der Waals surface area (Å²) in [4.78, 5) is 20.6. The summed E-state index contributed by atoms with van der Waals surface area (Å²) in [7, 11) is 0. The van der Waals surface area contributed by atoms with Gasteiger partial charge in [0.2, 0.25) is 0 Å². The maximum absolute atomic E-state index is 10.6. The molecule has 0 fully saturated rings. The van der Waals surface area contributed by atoms with E-state index in [0.29, 0.717) is 6.42 Å². The third-order valence-corrected chi connectivity index (χ3v) is 1.20. The van der Waals surface area contributed by atoms with Crippen LogP contribution in [-0.4, -0.2) is 23.1 Å². The first kappa shape index (κ1) is 13.5. The Kier molecular flexibility index (Phi) is 7.48. The van der Waals surface area contributed by atoms with Crippen molar-refractivity contribution in [3.63, 3.8) is 0 Å². The van der Waals surface area contributed by atoms with Crippen molar-refractivity contribution in [1.29, 1.82) is 0 Å². The Labute approximate surface area is 72.5 Å². The minimum absolute atomic E-state index is 0. The van der Waals surface area contributed by atoms with Gasteiger partial charge in [0.25, 0.3) is 0 Å². The average molecular weight is 176 g/mol. The maximum atomic E-state index is 10.6. The van der Waals surface area contributed by atoms with E-state index in [1.807, 2.05) is 6.92 Å². The van der Waals surface area contributed by atoms with E-state index in [1.165, 1.54) is 0 Å². The van der Waals surface area contributed by atoms with E-state index in [-0.39, 0.29) is 13.5 Å².